The Morgan fingerprint density at radius 3 is 2.44 bits per heavy atom. The lowest BCUT2D eigenvalue weighted by Gasteiger charge is -2.24. The smallest absolute Gasteiger partial charge is 0.261 e. The van der Waals surface area contributed by atoms with E-state index < -0.39 is 6.10 Å². The van der Waals surface area contributed by atoms with E-state index in [4.69, 9.17) is 4.74 Å². The van der Waals surface area contributed by atoms with Gasteiger partial charge in [-0.25, -0.2) is 0 Å². The van der Waals surface area contributed by atoms with Gasteiger partial charge in [0, 0.05) is 5.54 Å². The van der Waals surface area contributed by atoms with Crippen LogP contribution in [0, 0.1) is 13.8 Å². The lowest BCUT2D eigenvalue weighted by Crippen LogP contribution is -2.46. The van der Waals surface area contributed by atoms with Crippen molar-refractivity contribution in [2.75, 3.05) is 0 Å². The van der Waals surface area contributed by atoms with Crippen LogP contribution in [0.2, 0.25) is 0 Å². The number of benzene rings is 1. The molecule has 0 aliphatic carbocycles. The number of hydrogen-bond donors (Lipinski definition) is 1. The Kier molecular flexibility index (Phi) is 4.38. The van der Waals surface area contributed by atoms with Gasteiger partial charge < -0.3 is 10.1 Å². The second-order valence-electron chi connectivity index (χ2n) is 5.77. The molecule has 100 valence electrons. The molecule has 0 saturated heterocycles. The van der Waals surface area contributed by atoms with Gasteiger partial charge in [-0.1, -0.05) is 12.1 Å². The van der Waals surface area contributed by atoms with E-state index in [9.17, 15) is 4.79 Å². The monoisotopic (exact) mass is 249 g/mol. The molecule has 1 rings (SSSR count). The van der Waals surface area contributed by atoms with Crippen LogP contribution in [0.15, 0.2) is 18.2 Å². The summed E-state index contributed by atoms with van der Waals surface area (Å²) in [4.78, 5) is 11.9. The van der Waals surface area contributed by atoms with Crippen molar-refractivity contribution in [1.29, 1.82) is 0 Å². The summed E-state index contributed by atoms with van der Waals surface area (Å²) in [7, 11) is 0. The molecular formula is C15H23NO2. The molecule has 1 aromatic carbocycles. The zero-order chi connectivity index (χ0) is 13.9. The molecule has 0 aliphatic rings. The molecule has 0 bridgehead atoms. The molecule has 0 fully saturated rings. The first-order chi connectivity index (χ1) is 8.19. The van der Waals surface area contributed by atoms with Gasteiger partial charge in [0.2, 0.25) is 0 Å². The van der Waals surface area contributed by atoms with Crippen LogP contribution in [-0.2, 0) is 4.79 Å². The van der Waals surface area contributed by atoms with Crippen LogP contribution < -0.4 is 10.1 Å². The maximum absolute atomic E-state index is 11.9. The lowest BCUT2D eigenvalue weighted by atomic mass is 10.1. The highest BCUT2D eigenvalue weighted by molar-refractivity contribution is 5.81. The quantitative estimate of drug-likeness (QED) is 0.894. The third kappa shape index (κ3) is 4.40. The lowest BCUT2D eigenvalue weighted by molar-refractivity contribution is -0.128. The Morgan fingerprint density at radius 2 is 1.89 bits per heavy atom. The van der Waals surface area contributed by atoms with Gasteiger partial charge in [0.15, 0.2) is 6.10 Å². The van der Waals surface area contributed by atoms with Gasteiger partial charge in [-0.3, -0.25) is 4.79 Å². The van der Waals surface area contributed by atoms with Gasteiger partial charge >= 0.3 is 0 Å². The average molecular weight is 249 g/mol. The fraction of sp³-hybridized carbons (Fsp3) is 0.533. The molecule has 0 unspecified atom stereocenters. The van der Waals surface area contributed by atoms with Crippen molar-refractivity contribution in [3.8, 4) is 5.75 Å². The number of carbonyl (C=O) groups is 1. The van der Waals surface area contributed by atoms with Gasteiger partial charge in [-0.2, -0.15) is 0 Å². The second kappa shape index (κ2) is 5.42. The SMILES string of the molecule is Cc1ccc(C)c(O[C@@H](C)C(=O)NC(C)(C)C)c1. The summed E-state index contributed by atoms with van der Waals surface area (Å²) < 4.78 is 5.72. The molecule has 3 heteroatoms. The topological polar surface area (TPSA) is 38.3 Å². The molecule has 1 amide bonds. The number of hydrogen-bond acceptors (Lipinski definition) is 2. The molecule has 1 atom stereocenters. The molecule has 0 aromatic heterocycles. The minimum atomic E-state index is -0.496. The minimum Gasteiger partial charge on any atom is -0.481 e. The molecule has 0 aliphatic heterocycles. The Bertz CT molecular complexity index is 433. The highest BCUT2D eigenvalue weighted by atomic mass is 16.5. The molecular weight excluding hydrogens is 226 g/mol. The number of nitrogens with one attached hydrogen (secondary N) is 1. The van der Waals surface area contributed by atoms with E-state index in [0.717, 1.165) is 16.9 Å². The van der Waals surface area contributed by atoms with E-state index >= 15 is 0 Å². The number of aryl methyl sites for hydroxylation is 2. The average Bonchev–Trinajstić information content (AvgIpc) is 2.21. The largest absolute Gasteiger partial charge is 0.481 e. The summed E-state index contributed by atoms with van der Waals surface area (Å²) in [6.45, 7) is 11.6. The van der Waals surface area contributed by atoms with Crippen LogP contribution in [0.5, 0.6) is 5.75 Å². The van der Waals surface area contributed by atoms with Crippen molar-refractivity contribution in [2.24, 2.45) is 0 Å². The molecule has 0 spiro atoms. The van der Waals surface area contributed by atoms with E-state index in [2.05, 4.69) is 5.32 Å². The molecule has 18 heavy (non-hydrogen) atoms. The van der Waals surface area contributed by atoms with Crippen molar-refractivity contribution in [2.45, 2.75) is 53.2 Å². The van der Waals surface area contributed by atoms with Crippen LogP contribution in [0.3, 0.4) is 0 Å². The van der Waals surface area contributed by atoms with Crippen molar-refractivity contribution in [1.82, 2.24) is 5.32 Å². The summed E-state index contributed by atoms with van der Waals surface area (Å²) in [6, 6.07) is 5.98. The van der Waals surface area contributed by atoms with Gasteiger partial charge in [0.05, 0.1) is 0 Å². The second-order valence-corrected chi connectivity index (χ2v) is 5.77. The maximum atomic E-state index is 11.9. The first-order valence-corrected chi connectivity index (χ1v) is 6.25. The zero-order valence-electron chi connectivity index (χ0n) is 12.1. The predicted octanol–water partition coefficient (Wildman–Crippen LogP) is 2.99. The van der Waals surface area contributed by atoms with E-state index in [1.807, 2.05) is 52.8 Å². The third-order valence-electron chi connectivity index (χ3n) is 2.51. The Hall–Kier alpha value is -1.51. The standard InChI is InChI=1S/C15H23NO2/c1-10-7-8-11(2)13(9-10)18-12(3)14(17)16-15(4,5)6/h7-9,12H,1-6H3,(H,16,17)/t12-/m0/s1. The summed E-state index contributed by atoms with van der Waals surface area (Å²) in [5, 5.41) is 2.91. The van der Waals surface area contributed by atoms with Crippen LogP contribution in [0.4, 0.5) is 0 Å². The molecule has 0 radical (unpaired) electrons. The van der Waals surface area contributed by atoms with Gasteiger partial charge in [-0.05, 0) is 58.7 Å². The molecule has 0 saturated carbocycles. The molecule has 0 heterocycles. The highest BCUT2D eigenvalue weighted by Crippen LogP contribution is 2.20. The molecule has 3 nitrogen and oxygen atoms in total. The number of amides is 1. The number of carbonyl (C=O) groups excluding carboxylic acids is 1. The molecule has 1 aromatic rings. The van der Waals surface area contributed by atoms with Crippen molar-refractivity contribution >= 4 is 5.91 Å². The highest BCUT2D eigenvalue weighted by Gasteiger charge is 2.20. The van der Waals surface area contributed by atoms with Gasteiger partial charge in [0.1, 0.15) is 5.75 Å². The Labute approximate surface area is 110 Å². The fourth-order valence-corrected chi connectivity index (χ4v) is 1.55. The summed E-state index contributed by atoms with van der Waals surface area (Å²) in [6.07, 6.45) is -0.496. The van der Waals surface area contributed by atoms with Crippen molar-refractivity contribution in [3.05, 3.63) is 29.3 Å². The van der Waals surface area contributed by atoms with Crippen molar-refractivity contribution in [3.63, 3.8) is 0 Å². The van der Waals surface area contributed by atoms with Gasteiger partial charge in [0.25, 0.3) is 5.91 Å². The number of ether oxygens (including phenoxy) is 1. The first kappa shape index (κ1) is 14.6. The van der Waals surface area contributed by atoms with Crippen LogP contribution in [0.1, 0.15) is 38.8 Å². The predicted molar refractivity (Wildman–Crippen MR) is 73.9 cm³/mol. The first-order valence-electron chi connectivity index (χ1n) is 6.25. The maximum Gasteiger partial charge on any atom is 0.261 e. The minimum absolute atomic E-state index is 0.0941. The van der Waals surface area contributed by atoms with E-state index in [0.29, 0.717) is 0 Å². The van der Waals surface area contributed by atoms with Crippen LogP contribution >= 0.6 is 0 Å². The van der Waals surface area contributed by atoms with Gasteiger partial charge in [-0.15, -0.1) is 0 Å². The van der Waals surface area contributed by atoms with Crippen LogP contribution in [0.25, 0.3) is 0 Å². The van der Waals surface area contributed by atoms with Crippen molar-refractivity contribution < 1.29 is 9.53 Å². The normalized spacial score (nSPS) is 13.0. The van der Waals surface area contributed by atoms with Crippen LogP contribution in [-0.4, -0.2) is 17.6 Å². The Balaban J connectivity index is 2.72. The summed E-state index contributed by atoms with van der Waals surface area (Å²) in [5.41, 5.74) is 1.92. The zero-order valence-corrected chi connectivity index (χ0v) is 12.1. The fourth-order valence-electron chi connectivity index (χ4n) is 1.55. The third-order valence-corrected chi connectivity index (χ3v) is 2.51. The molecule has 1 N–H and O–H groups in total. The van der Waals surface area contributed by atoms with E-state index in [1.165, 1.54) is 0 Å². The summed E-state index contributed by atoms with van der Waals surface area (Å²) in [5.74, 6) is 0.676. The van der Waals surface area contributed by atoms with E-state index in [-0.39, 0.29) is 11.4 Å². The Morgan fingerprint density at radius 1 is 1.28 bits per heavy atom. The summed E-state index contributed by atoms with van der Waals surface area (Å²) >= 11 is 0. The number of rotatable bonds is 3. The van der Waals surface area contributed by atoms with E-state index in [1.54, 1.807) is 6.92 Å².